The summed E-state index contributed by atoms with van der Waals surface area (Å²) in [5.74, 6) is 0. The average Bonchev–Trinajstić information content (AvgIpc) is 2.46. The first-order valence-electron chi connectivity index (χ1n) is 7.98. The van der Waals surface area contributed by atoms with Gasteiger partial charge in [-0.2, -0.15) is 0 Å². The molecule has 1 aliphatic heterocycles. The van der Waals surface area contributed by atoms with E-state index in [1.54, 1.807) is 0 Å². The van der Waals surface area contributed by atoms with Crippen LogP contribution in [0.5, 0.6) is 0 Å². The van der Waals surface area contributed by atoms with Gasteiger partial charge in [0.05, 0.1) is 0 Å². The summed E-state index contributed by atoms with van der Waals surface area (Å²) in [6, 6.07) is 7.60. The van der Waals surface area contributed by atoms with E-state index in [4.69, 9.17) is 11.6 Å². The van der Waals surface area contributed by atoms with E-state index in [9.17, 15) is 0 Å². The van der Waals surface area contributed by atoms with Crippen LogP contribution >= 0.6 is 11.6 Å². The molecule has 1 aromatic rings. The maximum Gasteiger partial charge on any atom is 0.0471 e. The van der Waals surface area contributed by atoms with Crippen molar-refractivity contribution >= 4 is 17.3 Å². The number of anilines is 1. The Hall–Kier alpha value is -0.770. The van der Waals surface area contributed by atoms with Crippen molar-refractivity contribution in [3.63, 3.8) is 0 Å². The normalized spacial score (nSPS) is 20.3. The van der Waals surface area contributed by atoms with Gasteiger partial charge in [0.25, 0.3) is 0 Å². The fourth-order valence-corrected chi connectivity index (χ4v) is 3.05. The summed E-state index contributed by atoms with van der Waals surface area (Å²) in [7, 11) is 2.22. The van der Waals surface area contributed by atoms with Crippen molar-refractivity contribution in [2.75, 3.05) is 31.6 Å². The van der Waals surface area contributed by atoms with Gasteiger partial charge in [-0.3, -0.25) is 4.90 Å². The van der Waals surface area contributed by atoms with Crippen LogP contribution in [0.25, 0.3) is 0 Å². The number of rotatable bonds is 5. The van der Waals surface area contributed by atoms with Gasteiger partial charge < -0.3 is 10.2 Å². The third kappa shape index (κ3) is 4.35. The van der Waals surface area contributed by atoms with Crippen molar-refractivity contribution in [1.29, 1.82) is 0 Å². The molecule has 0 aliphatic carbocycles. The molecule has 3 nitrogen and oxygen atoms in total. The van der Waals surface area contributed by atoms with Gasteiger partial charge in [-0.15, -0.1) is 0 Å². The Morgan fingerprint density at radius 2 is 2.10 bits per heavy atom. The van der Waals surface area contributed by atoms with Gasteiger partial charge >= 0.3 is 0 Å². The van der Waals surface area contributed by atoms with Gasteiger partial charge in [-0.25, -0.2) is 0 Å². The minimum atomic E-state index is 0.476. The summed E-state index contributed by atoms with van der Waals surface area (Å²) in [6.07, 6.45) is 1.19. The fraction of sp³-hybridized carbons (Fsp3) is 0.647. The molecule has 1 aromatic carbocycles. The topological polar surface area (TPSA) is 18.5 Å². The Morgan fingerprint density at radius 3 is 2.71 bits per heavy atom. The average molecular weight is 310 g/mol. The molecule has 21 heavy (non-hydrogen) atoms. The summed E-state index contributed by atoms with van der Waals surface area (Å²) in [5, 5.41) is 4.29. The maximum absolute atomic E-state index is 6.45. The van der Waals surface area contributed by atoms with Crippen molar-refractivity contribution < 1.29 is 0 Å². The zero-order chi connectivity index (χ0) is 15.4. The van der Waals surface area contributed by atoms with Crippen LogP contribution in [-0.2, 0) is 6.54 Å². The summed E-state index contributed by atoms with van der Waals surface area (Å²) in [6.45, 7) is 10.7. The van der Waals surface area contributed by atoms with Crippen molar-refractivity contribution in [2.24, 2.45) is 0 Å². The van der Waals surface area contributed by atoms with Gasteiger partial charge in [-0.05, 0) is 31.2 Å². The molecule has 4 heteroatoms. The highest BCUT2D eigenvalue weighted by molar-refractivity contribution is 6.31. The molecule has 118 valence electrons. The molecule has 0 spiro atoms. The lowest BCUT2D eigenvalue weighted by atomic mass is 10.1. The van der Waals surface area contributed by atoms with E-state index < -0.39 is 0 Å². The quantitative estimate of drug-likeness (QED) is 0.899. The van der Waals surface area contributed by atoms with Gasteiger partial charge in [0.2, 0.25) is 0 Å². The number of nitrogens with zero attached hydrogens (tertiary/aromatic N) is 2. The molecule has 0 radical (unpaired) electrons. The molecule has 0 bridgehead atoms. The Balaban J connectivity index is 2.05. The van der Waals surface area contributed by atoms with Crippen molar-refractivity contribution in [3.05, 3.63) is 28.8 Å². The molecule has 1 saturated heterocycles. The smallest absolute Gasteiger partial charge is 0.0471 e. The number of hydrogen-bond acceptors (Lipinski definition) is 3. The SMILES string of the molecule is CCC1CN(c2ccc(CNC(C)C)c(Cl)c2)CCN1C. The summed E-state index contributed by atoms with van der Waals surface area (Å²) >= 11 is 6.45. The second kappa shape index (κ2) is 7.48. The Bertz CT molecular complexity index is 461. The Kier molecular flexibility index (Phi) is 5.91. The second-order valence-corrected chi connectivity index (χ2v) is 6.71. The number of halogens is 1. The molecular formula is C17H28ClN3. The Morgan fingerprint density at radius 1 is 1.33 bits per heavy atom. The molecule has 1 N–H and O–H groups in total. The van der Waals surface area contributed by atoms with Crippen molar-refractivity contribution in [2.45, 2.75) is 45.8 Å². The second-order valence-electron chi connectivity index (χ2n) is 6.30. The van der Waals surface area contributed by atoms with Crippen molar-refractivity contribution in [3.8, 4) is 0 Å². The van der Waals surface area contributed by atoms with E-state index in [-0.39, 0.29) is 0 Å². The fourth-order valence-electron chi connectivity index (χ4n) is 2.81. The van der Waals surface area contributed by atoms with Gasteiger partial charge in [0.15, 0.2) is 0 Å². The highest BCUT2D eigenvalue weighted by atomic mass is 35.5. The summed E-state index contributed by atoms with van der Waals surface area (Å²) in [5.41, 5.74) is 2.43. The van der Waals surface area contributed by atoms with Crippen LogP contribution in [0.2, 0.25) is 5.02 Å². The predicted octanol–water partition coefficient (Wildman–Crippen LogP) is 3.37. The van der Waals surface area contributed by atoms with Crippen LogP contribution in [0, 0.1) is 0 Å². The molecule has 2 rings (SSSR count). The predicted molar refractivity (Wildman–Crippen MR) is 92.3 cm³/mol. The zero-order valence-electron chi connectivity index (χ0n) is 13.7. The van der Waals surface area contributed by atoms with E-state index in [0.29, 0.717) is 12.1 Å². The van der Waals surface area contributed by atoms with Crippen LogP contribution in [0.4, 0.5) is 5.69 Å². The number of benzene rings is 1. The minimum Gasteiger partial charge on any atom is -0.369 e. The molecule has 1 fully saturated rings. The molecule has 0 aromatic heterocycles. The van der Waals surface area contributed by atoms with E-state index in [0.717, 1.165) is 31.2 Å². The molecule has 0 amide bonds. The lowest BCUT2D eigenvalue weighted by molar-refractivity contribution is 0.213. The molecule has 1 atom stereocenters. The van der Waals surface area contributed by atoms with Gasteiger partial charge in [0.1, 0.15) is 0 Å². The Labute approximate surface area is 134 Å². The van der Waals surface area contributed by atoms with Crippen LogP contribution in [-0.4, -0.2) is 43.7 Å². The molecular weight excluding hydrogens is 282 g/mol. The molecule has 1 heterocycles. The number of likely N-dealkylation sites (N-methyl/N-ethyl adjacent to an activating group) is 1. The molecule has 1 unspecified atom stereocenters. The first-order chi connectivity index (χ1) is 10.0. The van der Waals surface area contributed by atoms with Crippen LogP contribution in [0.1, 0.15) is 32.8 Å². The number of hydrogen-bond donors (Lipinski definition) is 1. The van der Waals surface area contributed by atoms with E-state index in [1.807, 2.05) is 0 Å². The number of piperazine rings is 1. The van der Waals surface area contributed by atoms with E-state index in [1.165, 1.54) is 17.7 Å². The maximum atomic E-state index is 6.45. The lowest BCUT2D eigenvalue weighted by Crippen LogP contribution is -2.51. The highest BCUT2D eigenvalue weighted by Crippen LogP contribution is 2.26. The zero-order valence-corrected chi connectivity index (χ0v) is 14.5. The third-order valence-corrected chi connectivity index (χ3v) is 4.70. The van der Waals surface area contributed by atoms with Crippen LogP contribution in [0.3, 0.4) is 0 Å². The van der Waals surface area contributed by atoms with E-state index >= 15 is 0 Å². The first-order valence-corrected chi connectivity index (χ1v) is 8.36. The van der Waals surface area contributed by atoms with Crippen LogP contribution < -0.4 is 10.2 Å². The lowest BCUT2D eigenvalue weighted by Gasteiger charge is -2.40. The first kappa shape index (κ1) is 16.6. The third-order valence-electron chi connectivity index (χ3n) is 4.35. The standard InChI is InChI=1S/C17H28ClN3/c1-5-15-12-21(9-8-20(15)4)16-7-6-14(17(18)10-16)11-19-13(2)3/h6-7,10,13,15,19H,5,8-9,11-12H2,1-4H3. The van der Waals surface area contributed by atoms with E-state index in [2.05, 4.69) is 61.1 Å². The summed E-state index contributed by atoms with van der Waals surface area (Å²) in [4.78, 5) is 4.92. The van der Waals surface area contributed by atoms with Crippen molar-refractivity contribution in [1.82, 2.24) is 10.2 Å². The molecule has 1 aliphatic rings. The van der Waals surface area contributed by atoms with Crippen LogP contribution in [0.15, 0.2) is 18.2 Å². The van der Waals surface area contributed by atoms with Gasteiger partial charge in [0, 0.05) is 49.0 Å². The minimum absolute atomic E-state index is 0.476. The monoisotopic (exact) mass is 309 g/mol. The molecule has 0 saturated carbocycles. The number of nitrogens with one attached hydrogen (secondary N) is 1. The van der Waals surface area contributed by atoms with Gasteiger partial charge in [-0.1, -0.05) is 38.4 Å². The largest absolute Gasteiger partial charge is 0.369 e. The summed E-state index contributed by atoms with van der Waals surface area (Å²) < 4.78 is 0. The highest BCUT2D eigenvalue weighted by Gasteiger charge is 2.23.